The van der Waals surface area contributed by atoms with Gasteiger partial charge in [0.25, 0.3) is 5.91 Å². The van der Waals surface area contributed by atoms with E-state index in [1.165, 1.54) is 0 Å². The second-order valence-corrected chi connectivity index (χ2v) is 5.84. The van der Waals surface area contributed by atoms with Crippen molar-refractivity contribution in [1.29, 1.82) is 0 Å². The van der Waals surface area contributed by atoms with Crippen LogP contribution in [-0.2, 0) is 0 Å². The topological polar surface area (TPSA) is 20.3 Å². The number of carbonyl (C=O) groups excluding carboxylic acids is 1. The van der Waals surface area contributed by atoms with Crippen LogP contribution in [0.25, 0.3) is 0 Å². The van der Waals surface area contributed by atoms with Crippen molar-refractivity contribution in [3.05, 3.63) is 33.4 Å². The van der Waals surface area contributed by atoms with Crippen LogP contribution >= 0.6 is 22.6 Å². The highest BCUT2D eigenvalue weighted by molar-refractivity contribution is 14.1. The van der Waals surface area contributed by atoms with Gasteiger partial charge in [-0.15, -0.1) is 0 Å². The molecule has 1 saturated heterocycles. The van der Waals surface area contributed by atoms with Crippen LogP contribution in [0.5, 0.6) is 0 Å². The van der Waals surface area contributed by atoms with Crippen LogP contribution in [0.2, 0.25) is 0 Å². The van der Waals surface area contributed by atoms with Gasteiger partial charge in [-0.1, -0.05) is 19.1 Å². The fourth-order valence-corrected chi connectivity index (χ4v) is 3.23. The van der Waals surface area contributed by atoms with Crippen LogP contribution in [0.15, 0.2) is 24.3 Å². The van der Waals surface area contributed by atoms with Crippen molar-refractivity contribution in [2.75, 3.05) is 0 Å². The van der Waals surface area contributed by atoms with Crippen molar-refractivity contribution in [3.8, 4) is 0 Å². The molecule has 2 unspecified atom stereocenters. The van der Waals surface area contributed by atoms with Crippen molar-refractivity contribution in [2.45, 2.75) is 45.2 Å². The molecule has 0 aromatic heterocycles. The first kappa shape index (κ1) is 12.9. The Kier molecular flexibility index (Phi) is 4.07. The molecule has 1 aromatic rings. The van der Waals surface area contributed by atoms with E-state index in [4.69, 9.17) is 0 Å². The van der Waals surface area contributed by atoms with E-state index in [-0.39, 0.29) is 5.91 Å². The number of hydrogen-bond acceptors (Lipinski definition) is 1. The third-order valence-electron chi connectivity index (χ3n) is 3.60. The minimum absolute atomic E-state index is 0.201. The molecular formula is C14H18INO. The van der Waals surface area contributed by atoms with Gasteiger partial charge in [0, 0.05) is 15.7 Å². The van der Waals surface area contributed by atoms with E-state index >= 15 is 0 Å². The van der Waals surface area contributed by atoms with E-state index in [9.17, 15) is 4.79 Å². The van der Waals surface area contributed by atoms with Gasteiger partial charge in [-0.05, 0) is 60.9 Å². The second kappa shape index (κ2) is 5.38. The number of nitrogens with zero attached hydrogens (tertiary/aromatic N) is 1. The van der Waals surface area contributed by atoms with Crippen LogP contribution in [-0.4, -0.2) is 22.9 Å². The highest BCUT2D eigenvalue weighted by atomic mass is 127. The number of carbonyl (C=O) groups is 1. The summed E-state index contributed by atoms with van der Waals surface area (Å²) in [5.74, 6) is 0.201. The maximum absolute atomic E-state index is 12.6. The zero-order chi connectivity index (χ0) is 12.4. The van der Waals surface area contributed by atoms with Gasteiger partial charge < -0.3 is 4.90 Å². The predicted molar refractivity (Wildman–Crippen MR) is 78.1 cm³/mol. The van der Waals surface area contributed by atoms with Gasteiger partial charge in [-0.2, -0.15) is 0 Å². The number of benzene rings is 1. The van der Waals surface area contributed by atoms with E-state index in [1.54, 1.807) is 0 Å². The van der Waals surface area contributed by atoms with Gasteiger partial charge in [0.1, 0.15) is 0 Å². The summed E-state index contributed by atoms with van der Waals surface area (Å²) < 4.78 is 1.05. The standard InChI is InChI=1S/C14H18INO/c1-3-11-9-8-10(2)16(11)14(17)12-6-4-5-7-13(12)15/h4-7,10-11H,3,8-9H2,1-2H3. The largest absolute Gasteiger partial charge is 0.333 e. The molecule has 92 valence electrons. The van der Waals surface area contributed by atoms with Crippen molar-refractivity contribution >= 4 is 28.5 Å². The minimum Gasteiger partial charge on any atom is -0.333 e. The Morgan fingerprint density at radius 1 is 1.41 bits per heavy atom. The molecule has 1 amide bonds. The summed E-state index contributed by atoms with van der Waals surface area (Å²) in [6.45, 7) is 4.32. The van der Waals surface area contributed by atoms with Gasteiger partial charge in [0.2, 0.25) is 0 Å². The predicted octanol–water partition coefficient (Wildman–Crippen LogP) is 3.69. The highest BCUT2D eigenvalue weighted by Gasteiger charge is 2.34. The Morgan fingerprint density at radius 2 is 2.12 bits per heavy atom. The third-order valence-corrected chi connectivity index (χ3v) is 4.54. The lowest BCUT2D eigenvalue weighted by Gasteiger charge is -2.28. The van der Waals surface area contributed by atoms with E-state index in [2.05, 4.69) is 41.3 Å². The normalized spacial score (nSPS) is 24.1. The van der Waals surface area contributed by atoms with E-state index < -0.39 is 0 Å². The molecule has 1 aromatic carbocycles. The van der Waals surface area contributed by atoms with E-state index in [1.807, 2.05) is 24.3 Å². The van der Waals surface area contributed by atoms with Crippen molar-refractivity contribution < 1.29 is 4.79 Å². The lowest BCUT2D eigenvalue weighted by atomic mass is 10.1. The highest BCUT2D eigenvalue weighted by Crippen LogP contribution is 2.28. The minimum atomic E-state index is 0.201. The van der Waals surface area contributed by atoms with Crippen LogP contribution in [0.1, 0.15) is 43.5 Å². The first-order chi connectivity index (χ1) is 8.15. The molecule has 1 heterocycles. The van der Waals surface area contributed by atoms with Crippen LogP contribution in [0, 0.1) is 3.57 Å². The first-order valence-corrected chi connectivity index (χ1v) is 7.30. The molecule has 1 aliphatic rings. The zero-order valence-corrected chi connectivity index (χ0v) is 12.5. The van der Waals surface area contributed by atoms with Gasteiger partial charge in [-0.25, -0.2) is 0 Å². The Morgan fingerprint density at radius 3 is 2.76 bits per heavy atom. The fourth-order valence-electron chi connectivity index (χ4n) is 2.61. The third kappa shape index (κ3) is 2.49. The molecular weight excluding hydrogens is 325 g/mol. The molecule has 1 fully saturated rings. The van der Waals surface area contributed by atoms with Gasteiger partial charge in [-0.3, -0.25) is 4.79 Å². The average molecular weight is 343 g/mol. The quantitative estimate of drug-likeness (QED) is 0.750. The molecule has 17 heavy (non-hydrogen) atoms. The molecule has 0 aliphatic carbocycles. The van der Waals surface area contributed by atoms with E-state index in [0.29, 0.717) is 12.1 Å². The molecule has 0 bridgehead atoms. The summed E-state index contributed by atoms with van der Waals surface area (Å²) in [4.78, 5) is 14.6. The van der Waals surface area contributed by atoms with Crippen LogP contribution < -0.4 is 0 Å². The van der Waals surface area contributed by atoms with E-state index in [0.717, 1.165) is 28.4 Å². The Bertz CT molecular complexity index is 418. The molecule has 2 rings (SSSR count). The summed E-state index contributed by atoms with van der Waals surface area (Å²) in [7, 11) is 0. The monoisotopic (exact) mass is 343 g/mol. The molecule has 2 atom stereocenters. The van der Waals surface area contributed by atoms with Crippen LogP contribution in [0.3, 0.4) is 0 Å². The average Bonchev–Trinajstić information content (AvgIpc) is 2.70. The van der Waals surface area contributed by atoms with Crippen molar-refractivity contribution in [3.63, 3.8) is 0 Å². The summed E-state index contributed by atoms with van der Waals surface area (Å²) >= 11 is 2.24. The smallest absolute Gasteiger partial charge is 0.255 e. The second-order valence-electron chi connectivity index (χ2n) is 4.68. The lowest BCUT2D eigenvalue weighted by molar-refractivity contribution is 0.0675. The maximum atomic E-state index is 12.6. The molecule has 3 heteroatoms. The number of hydrogen-bond donors (Lipinski definition) is 0. The summed E-state index contributed by atoms with van der Waals surface area (Å²) in [6, 6.07) is 8.65. The van der Waals surface area contributed by atoms with Crippen molar-refractivity contribution in [1.82, 2.24) is 4.90 Å². The lowest BCUT2D eigenvalue weighted by Crippen LogP contribution is -2.40. The molecule has 0 radical (unpaired) electrons. The molecule has 0 spiro atoms. The number of halogens is 1. The van der Waals surface area contributed by atoms with Crippen LogP contribution in [0.4, 0.5) is 0 Å². The summed E-state index contributed by atoms with van der Waals surface area (Å²) in [5.41, 5.74) is 0.848. The molecule has 2 nitrogen and oxygen atoms in total. The fraction of sp³-hybridized carbons (Fsp3) is 0.500. The number of likely N-dealkylation sites (tertiary alicyclic amines) is 1. The van der Waals surface area contributed by atoms with Gasteiger partial charge in [0.05, 0.1) is 5.56 Å². The number of amides is 1. The molecule has 0 N–H and O–H groups in total. The Hall–Kier alpha value is -0.580. The summed E-state index contributed by atoms with van der Waals surface area (Å²) in [5, 5.41) is 0. The Balaban J connectivity index is 2.28. The molecule has 0 saturated carbocycles. The first-order valence-electron chi connectivity index (χ1n) is 6.22. The van der Waals surface area contributed by atoms with Gasteiger partial charge in [0.15, 0.2) is 0 Å². The SMILES string of the molecule is CCC1CCC(C)N1C(=O)c1ccccc1I. The molecule has 1 aliphatic heterocycles. The van der Waals surface area contributed by atoms with Gasteiger partial charge >= 0.3 is 0 Å². The summed E-state index contributed by atoms with van der Waals surface area (Å²) in [6.07, 6.45) is 3.33. The maximum Gasteiger partial charge on any atom is 0.255 e. The number of rotatable bonds is 2. The van der Waals surface area contributed by atoms with Crippen molar-refractivity contribution in [2.24, 2.45) is 0 Å². The zero-order valence-electron chi connectivity index (χ0n) is 10.3. The Labute approximate surface area is 117 Å².